The number of halogens is 2. The lowest BCUT2D eigenvalue weighted by atomic mass is 9.86. The zero-order valence-corrected chi connectivity index (χ0v) is 11.4. The van der Waals surface area contributed by atoms with E-state index in [0.717, 1.165) is 11.3 Å². The molecule has 2 aromatic carbocycles. The van der Waals surface area contributed by atoms with Gasteiger partial charge in [0.05, 0.1) is 12.6 Å². The van der Waals surface area contributed by atoms with Crippen molar-refractivity contribution in [3.8, 4) is 5.75 Å². The highest BCUT2D eigenvalue weighted by atomic mass is 19.1. The molecule has 0 aromatic heterocycles. The van der Waals surface area contributed by atoms with Gasteiger partial charge in [-0.3, -0.25) is 11.3 Å². The van der Waals surface area contributed by atoms with Crippen LogP contribution in [0.15, 0.2) is 42.5 Å². The Morgan fingerprint density at radius 3 is 2.52 bits per heavy atom. The highest BCUT2D eigenvalue weighted by Crippen LogP contribution is 2.34. The maximum atomic E-state index is 14.0. The molecule has 3 nitrogen and oxygen atoms in total. The highest BCUT2D eigenvalue weighted by Gasteiger charge is 2.31. The van der Waals surface area contributed by atoms with Crippen molar-refractivity contribution in [1.82, 2.24) is 5.43 Å². The molecule has 0 spiro atoms. The van der Waals surface area contributed by atoms with Gasteiger partial charge in [0.25, 0.3) is 0 Å². The number of rotatable bonds is 3. The molecular formula is C16H16F2N2O. The predicted octanol–water partition coefficient (Wildman–Crippen LogP) is 2.72. The topological polar surface area (TPSA) is 47.3 Å². The molecule has 21 heavy (non-hydrogen) atoms. The zero-order valence-electron chi connectivity index (χ0n) is 11.4. The van der Waals surface area contributed by atoms with Gasteiger partial charge in [-0.2, -0.15) is 0 Å². The van der Waals surface area contributed by atoms with Crippen LogP contribution in [-0.2, 0) is 6.42 Å². The fourth-order valence-corrected chi connectivity index (χ4v) is 2.83. The first kappa shape index (κ1) is 14.0. The average molecular weight is 290 g/mol. The maximum absolute atomic E-state index is 14.0. The first-order valence-corrected chi connectivity index (χ1v) is 6.81. The Morgan fingerprint density at radius 2 is 1.81 bits per heavy atom. The number of hydrazine groups is 1. The van der Waals surface area contributed by atoms with E-state index in [1.807, 2.05) is 24.3 Å². The van der Waals surface area contributed by atoms with E-state index in [1.165, 1.54) is 18.2 Å². The summed E-state index contributed by atoms with van der Waals surface area (Å²) in [5, 5.41) is 0. The Labute approximate surface area is 121 Å². The van der Waals surface area contributed by atoms with Crippen LogP contribution in [0.3, 0.4) is 0 Å². The smallest absolute Gasteiger partial charge is 0.130 e. The second-order valence-electron chi connectivity index (χ2n) is 5.16. The Bertz CT molecular complexity index is 628. The lowest BCUT2D eigenvalue weighted by Crippen LogP contribution is -2.39. The first-order valence-electron chi connectivity index (χ1n) is 6.81. The van der Waals surface area contributed by atoms with E-state index in [9.17, 15) is 8.78 Å². The van der Waals surface area contributed by atoms with E-state index in [-0.39, 0.29) is 11.5 Å². The number of hydrogen-bond acceptors (Lipinski definition) is 3. The van der Waals surface area contributed by atoms with Crippen molar-refractivity contribution in [3.63, 3.8) is 0 Å². The van der Waals surface area contributed by atoms with E-state index in [2.05, 4.69) is 5.43 Å². The van der Waals surface area contributed by atoms with Crippen LogP contribution >= 0.6 is 0 Å². The lowest BCUT2D eigenvalue weighted by molar-refractivity contribution is 0.181. The Hall–Kier alpha value is -1.98. The molecule has 0 radical (unpaired) electrons. The third kappa shape index (κ3) is 2.62. The van der Waals surface area contributed by atoms with Crippen molar-refractivity contribution in [2.45, 2.75) is 12.5 Å². The van der Waals surface area contributed by atoms with Gasteiger partial charge in [0.15, 0.2) is 0 Å². The third-order valence-corrected chi connectivity index (χ3v) is 3.87. The lowest BCUT2D eigenvalue weighted by Gasteiger charge is -2.31. The van der Waals surface area contributed by atoms with E-state index < -0.39 is 17.7 Å². The SMILES string of the molecule is NNC(c1c(F)cccc1F)C1COc2ccccc2C1. The van der Waals surface area contributed by atoms with Crippen LogP contribution in [0.4, 0.5) is 8.78 Å². The van der Waals surface area contributed by atoms with Crippen molar-refractivity contribution in [2.24, 2.45) is 11.8 Å². The van der Waals surface area contributed by atoms with Gasteiger partial charge < -0.3 is 4.74 Å². The van der Waals surface area contributed by atoms with Crippen molar-refractivity contribution >= 4 is 0 Å². The van der Waals surface area contributed by atoms with Crippen molar-refractivity contribution in [3.05, 3.63) is 65.2 Å². The van der Waals surface area contributed by atoms with Crippen LogP contribution in [-0.4, -0.2) is 6.61 Å². The summed E-state index contributed by atoms with van der Waals surface area (Å²) in [6, 6.07) is 10.8. The normalized spacial score (nSPS) is 18.7. The summed E-state index contributed by atoms with van der Waals surface area (Å²) in [7, 11) is 0. The number of ether oxygens (including phenoxy) is 1. The molecule has 0 amide bonds. The van der Waals surface area contributed by atoms with Crippen molar-refractivity contribution in [2.75, 3.05) is 6.61 Å². The quantitative estimate of drug-likeness (QED) is 0.675. The van der Waals surface area contributed by atoms with Gasteiger partial charge in [-0.05, 0) is 30.2 Å². The standard InChI is InChI=1S/C16H16F2N2O/c17-12-5-3-6-13(18)15(12)16(20-19)11-8-10-4-1-2-7-14(10)21-9-11/h1-7,11,16,20H,8-9,19H2. The van der Waals surface area contributed by atoms with Crippen LogP contribution in [0, 0.1) is 17.6 Å². The zero-order chi connectivity index (χ0) is 14.8. The summed E-state index contributed by atoms with van der Waals surface area (Å²) in [5.74, 6) is 5.03. The summed E-state index contributed by atoms with van der Waals surface area (Å²) >= 11 is 0. The molecule has 0 saturated heterocycles. The molecule has 1 aliphatic heterocycles. The maximum Gasteiger partial charge on any atom is 0.130 e. The van der Waals surface area contributed by atoms with Gasteiger partial charge in [0.2, 0.25) is 0 Å². The molecule has 0 bridgehead atoms. The minimum absolute atomic E-state index is 0.0343. The van der Waals surface area contributed by atoms with Crippen LogP contribution in [0.5, 0.6) is 5.75 Å². The molecule has 110 valence electrons. The minimum atomic E-state index is -0.639. The van der Waals surface area contributed by atoms with E-state index >= 15 is 0 Å². The van der Waals surface area contributed by atoms with E-state index in [4.69, 9.17) is 10.6 Å². The molecule has 2 atom stereocenters. The van der Waals surface area contributed by atoms with E-state index in [1.54, 1.807) is 0 Å². The second kappa shape index (κ2) is 5.79. The molecule has 0 aliphatic carbocycles. The Balaban J connectivity index is 1.92. The van der Waals surface area contributed by atoms with Crippen molar-refractivity contribution in [1.29, 1.82) is 0 Å². The van der Waals surface area contributed by atoms with Gasteiger partial charge in [0, 0.05) is 11.5 Å². The van der Waals surface area contributed by atoms with Crippen LogP contribution in [0.25, 0.3) is 0 Å². The predicted molar refractivity (Wildman–Crippen MR) is 75.6 cm³/mol. The van der Waals surface area contributed by atoms with Gasteiger partial charge in [-0.25, -0.2) is 8.78 Å². The number of nitrogens with one attached hydrogen (secondary N) is 1. The Kier molecular flexibility index (Phi) is 3.86. The molecule has 1 aliphatic rings. The van der Waals surface area contributed by atoms with E-state index in [0.29, 0.717) is 13.0 Å². The first-order chi connectivity index (χ1) is 10.2. The summed E-state index contributed by atoms with van der Waals surface area (Å²) in [5.41, 5.74) is 3.53. The monoisotopic (exact) mass is 290 g/mol. The second-order valence-corrected chi connectivity index (χ2v) is 5.16. The average Bonchev–Trinajstić information content (AvgIpc) is 2.50. The molecule has 1 heterocycles. The summed E-state index contributed by atoms with van der Waals surface area (Å²) < 4.78 is 33.6. The minimum Gasteiger partial charge on any atom is -0.493 e. The van der Waals surface area contributed by atoms with Crippen LogP contribution in [0.2, 0.25) is 0 Å². The summed E-state index contributed by atoms with van der Waals surface area (Å²) in [6.07, 6.45) is 0.652. The Morgan fingerprint density at radius 1 is 1.10 bits per heavy atom. The van der Waals surface area contributed by atoms with Crippen LogP contribution < -0.4 is 16.0 Å². The van der Waals surface area contributed by atoms with Crippen LogP contribution in [0.1, 0.15) is 17.2 Å². The summed E-state index contributed by atoms with van der Waals surface area (Å²) in [4.78, 5) is 0. The summed E-state index contributed by atoms with van der Waals surface area (Å²) in [6.45, 7) is 0.361. The number of para-hydroxylation sites is 1. The number of nitrogens with two attached hydrogens (primary N) is 1. The molecule has 2 unspecified atom stereocenters. The van der Waals surface area contributed by atoms with Gasteiger partial charge in [-0.1, -0.05) is 24.3 Å². The molecule has 2 aromatic rings. The fraction of sp³-hybridized carbons (Fsp3) is 0.250. The van der Waals surface area contributed by atoms with Gasteiger partial charge in [0.1, 0.15) is 17.4 Å². The number of fused-ring (bicyclic) bond motifs is 1. The largest absolute Gasteiger partial charge is 0.493 e. The fourth-order valence-electron chi connectivity index (χ4n) is 2.83. The van der Waals surface area contributed by atoms with Gasteiger partial charge in [-0.15, -0.1) is 0 Å². The molecule has 0 fully saturated rings. The molecule has 3 rings (SSSR count). The van der Waals surface area contributed by atoms with Crippen molar-refractivity contribution < 1.29 is 13.5 Å². The molecule has 5 heteroatoms. The number of hydrogen-bond donors (Lipinski definition) is 2. The third-order valence-electron chi connectivity index (χ3n) is 3.87. The number of benzene rings is 2. The highest BCUT2D eigenvalue weighted by molar-refractivity contribution is 5.36. The molecular weight excluding hydrogens is 274 g/mol. The van der Waals surface area contributed by atoms with Gasteiger partial charge >= 0.3 is 0 Å². The molecule has 3 N–H and O–H groups in total. The molecule has 0 saturated carbocycles.